The number of nitroso groups, excluding NO2 is 1. The molecule has 23 heavy (non-hydrogen) atoms. The summed E-state index contributed by atoms with van der Waals surface area (Å²) in [7, 11) is 0. The number of phenolic OH excluding ortho intramolecular Hbond substituents is 2. The van der Waals surface area contributed by atoms with Crippen molar-refractivity contribution in [1.29, 1.82) is 5.26 Å². The van der Waals surface area contributed by atoms with Gasteiger partial charge >= 0.3 is 0 Å². The number of benzene rings is 1. The maximum atomic E-state index is 12.0. The molecule has 114 valence electrons. The Morgan fingerprint density at radius 1 is 1.39 bits per heavy atom. The molecule has 2 rings (SSSR count). The number of carbonyl (C=O) groups excluding carboxylic acids is 1. The molecule has 1 heterocycles. The predicted molar refractivity (Wildman–Crippen MR) is 81.7 cm³/mol. The van der Waals surface area contributed by atoms with Crippen molar-refractivity contribution in [3.05, 3.63) is 52.7 Å². The van der Waals surface area contributed by atoms with Gasteiger partial charge in [0, 0.05) is 6.20 Å². The highest BCUT2D eigenvalue weighted by atomic mass is 16.3. The number of pyridine rings is 1. The molecule has 0 fully saturated rings. The highest BCUT2D eigenvalue weighted by molar-refractivity contribution is 6.09. The van der Waals surface area contributed by atoms with Crippen LogP contribution < -0.4 is 5.32 Å². The number of phenols is 2. The molecule has 1 amide bonds. The molecular formula is C15H10N4O4. The van der Waals surface area contributed by atoms with E-state index in [-0.39, 0.29) is 11.1 Å². The topological polar surface area (TPSA) is 136 Å². The van der Waals surface area contributed by atoms with Gasteiger partial charge in [0.25, 0.3) is 5.91 Å². The number of nitrogens with one attached hydrogen (secondary N) is 1. The lowest BCUT2D eigenvalue weighted by molar-refractivity contribution is -0.112. The summed E-state index contributed by atoms with van der Waals surface area (Å²) in [6.45, 7) is 0. The van der Waals surface area contributed by atoms with Gasteiger partial charge in [-0.3, -0.25) is 9.78 Å². The molecule has 0 saturated heterocycles. The Morgan fingerprint density at radius 3 is 2.78 bits per heavy atom. The molecular weight excluding hydrogens is 300 g/mol. The third kappa shape index (κ3) is 3.68. The van der Waals surface area contributed by atoms with E-state index in [1.807, 2.05) is 0 Å². The first-order chi connectivity index (χ1) is 11.0. The van der Waals surface area contributed by atoms with Gasteiger partial charge in [-0.15, -0.1) is 4.91 Å². The number of nitrogens with zero attached hydrogens (tertiary/aromatic N) is 3. The molecule has 0 aliphatic heterocycles. The Morgan fingerprint density at radius 2 is 2.17 bits per heavy atom. The Hall–Kier alpha value is -3.73. The maximum Gasteiger partial charge on any atom is 0.266 e. The van der Waals surface area contributed by atoms with Crippen molar-refractivity contribution in [3.8, 4) is 17.6 Å². The number of aromatic hydroxyl groups is 2. The number of rotatable bonds is 4. The van der Waals surface area contributed by atoms with Gasteiger partial charge in [-0.2, -0.15) is 5.26 Å². The third-order valence-corrected chi connectivity index (χ3v) is 2.79. The smallest absolute Gasteiger partial charge is 0.266 e. The average molecular weight is 310 g/mol. The van der Waals surface area contributed by atoms with E-state index in [1.165, 1.54) is 12.4 Å². The Bertz CT molecular complexity index is 825. The summed E-state index contributed by atoms with van der Waals surface area (Å²) < 4.78 is 0. The minimum atomic E-state index is -0.686. The number of amides is 1. The SMILES string of the molecule is N#C/C(=C\c1cc(O)c(O)c(N=O)c1)C(=O)Nc1cccnc1. The van der Waals surface area contributed by atoms with Crippen LogP contribution in [0.15, 0.2) is 47.4 Å². The quantitative estimate of drug-likeness (QED) is 0.343. The second-order valence-electron chi connectivity index (χ2n) is 4.36. The highest BCUT2D eigenvalue weighted by Gasteiger charge is 2.13. The minimum absolute atomic E-state index is 0.160. The second kappa shape index (κ2) is 6.82. The molecule has 1 aromatic carbocycles. The largest absolute Gasteiger partial charge is 0.504 e. The minimum Gasteiger partial charge on any atom is -0.504 e. The molecule has 0 aliphatic carbocycles. The van der Waals surface area contributed by atoms with E-state index in [1.54, 1.807) is 18.2 Å². The lowest BCUT2D eigenvalue weighted by Crippen LogP contribution is -2.13. The van der Waals surface area contributed by atoms with Gasteiger partial charge in [0.2, 0.25) is 0 Å². The van der Waals surface area contributed by atoms with Gasteiger partial charge in [-0.05, 0) is 41.1 Å². The van der Waals surface area contributed by atoms with Crippen molar-refractivity contribution in [2.75, 3.05) is 5.32 Å². The van der Waals surface area contributed by atoms with Crippen LogP contribution in [-0.2, 0) is 4.79 Å². The fourth-order valence-electron chi connectivity index (χ4n) is 1.73. The van der Waals surface area contributed by atoms with Crippen molar-refractivity contribution in [2.24, 2.45) is 5.18 Å². The first-order valence-electron chi connectivity index (χ1n) is 6.27. The van der Waals surface area contributed by atoms with Crippen LogP contribution >= 0.6 is 0 Å². The fraction of sp³-hybridized carbons (Fsp3) is 0. The normalized spacial score (nSPS) is 10.7. The van der Waals surface area contributed by atoms with E-state index in [4.69, 9.17) is 5.26 Å². The number of anilines is 1. The number of nitriles is 1. The second-order valence-corrected chi connectivity index (χ2v) is 4.36. The fourth-order valence-corrected chi connectivity index (χ4v) is 1.73. The molecule has 8 heteroatoms. The van der Waals surface area contributed by atoms with Crippen molar-refractivity contribution >= 4 is 23.4 Å². The van der Waals surface area contributed by atoms with Crippen LogP contribution in [0.25, 0.3) is 6.08 Å². The zero-order valence-corrected chi connectivity index (χ0v) is 11.6. The molecule has 0 bridgehead atoms. The van der Waals surface area contributed by atoms with Crippen LogP contribution in [0.2, 0.25) is 0 Å². The maximum absolute atomic E-state index is 12.0. The first-order valence-corrected chi connectivity index (χ1v) is 6.27. The molecule has 0 radical (unpaired) electrons. The van der Waals surface area contributed by atoms with Gasteiger partial charge in [0.05, 0.1) is 11.9 Å². The summed E-state index contributed by atoms with van der Waals surface area (Å²) >= 11 is 0. The van der Waals surface area contributed by atoms with Crippen molar-refractivity contribution in [3.63, 3.8) is 0 Å². The predicted octanol–water partition coefficient (Wildman–Crippen LogP) is 2.44. The zero-order valence-electron chi connectivity index (χ0n) is 11.6. The lowest BCUT2D eigenvalue weighted by Gasteiger charge is -2.04. The molecule has 0 saturated carbocycles. The zero-order chi connectivity index (χ0) is 16.8. The van der Waals surface area contributed by atoms with Crippen molar-refractivity contribution < 1.29 is 15.0 Å². The summed E-state index contributed by atoms with van der Waals surface area (Å²) in [6, 6.07) is 7.16. The van der Waals surface area contributed by atoms with E-state index in [0.29, 0.717) is 5.69 Å². The standard InChI is InChI=1S/C15H10N4O4/c16-7-10(15(22)18-11-2-1-3-17-8-11)4-9-5-12(19-23)14(21)13(20)6-9/h1-6,8,20-21H,(H,18,22)/b10-4+. The molecule has 3 N–H and O–H groups in total. The van der Waals surface area contributed by atoms with Gasteiger partial charge in [0.15, 0.2) is 17.2 Å². The summed E-state index contributed by atoms with van der Waals surface area (Å²) in [5.74, 6) is -1.94. The Balaban J connectivity index is 2.32. The van der Waals surface area contributed by atoms with Crippen LogP contribution in [0.4, 0.5) is 11.4 Å². The van der Waals surface area contributed by atoms with E-state index < -0.39 is 23.1 Å². The van der Waals surface area contributed by atoms with Gasteiger partial charge in [-0.25, -0.2) is 0 Å². The summed E-state index contributed by atoms with van der Waals surface area (Å²) in [5.41, 5.74) is -0.104. The highest BCUT2D eigenvalue weighted by Crippen LogP contribution is 2.37. The molecule has 2 aromatic rings. The molecule has 0 atom stereocenters. The number of carbonyl (C=O) groups is 1. The number of hydrogen-bond acceptors (Lipinski definition) is 7. The number of aromatic nitrogens is 1. The van der Waals surface area contributed by atoms with Crippen molar-refractivity contribution in [1.82, 2.24) is 4.98 Å². The Labute approximate surface area is 130 Å². The van der Waals surface area contributed by atoms with E-state index in [9.17, 15) is 19.9 Å². The van der Waals surface area contributed by atoms with Gasteiger partial charge in [-0.1, -0.05) is 0 Å². The summed E-state index contributed by atoms with van der Waals surface area (Å²) in [4.78, 5) is 26.4. The van der Waals surface area contributed by atoms with E-state index >= 15 is 0 Å². The van der Waals surface area contributed by atoms with Crippen LogP contribution in [-0.4, -0.2) is 21.1 Å². The van der Waals surface area contributed by atoms with E-state index in [2.05, 4.69) is 15.5 Å². The average Bonchev–Trinajstić information content (AvgIpc) is 2.56. The lowest BCUT2D eigenvalue weighted by atomic mass is 10.1. The molecule has 0 unspecified atom stereocenters. The van der Waals surface area contributed by atoms with Gasteiger partial charge in [0.1, 0.15) is 11.6 Å². The first kappa shape index (κ1) is 15.7. The summed E-state index contributed by atoms with van der Waals surface area (Å²) in [6.07, 6.45) is 4.09. The van der Waals surface area contributed by atoms with Crippen LogP contribution in [0, 0.1) is 16.2 Å². The number of hydrogen-bond donors (Lipinski definition) is 3. The molecule has 0 spiro atoms. The summed E-state index contributed by atoms with van der Waals surface area (Å²) in [5, 5.41) is 33.0. The van der Waals surface area contributed by atoms with Crippen LogP contribution in [0.3, 0.4) is 0 Å². The van der Waals surface area contributed by atoms with E-state index in [0.717, 1.165) is 18.2 Å². The Kier molecular flexibility index (Phi) is 4.64. The van der Waals surface area contributed by atoms with Crippen molar-refractivity contribution in [2.45, 2.75) is 0 Å². The molecule has 0 aliphatic rings. The monoisotopic (exact) mass is 310 g/mol. The van der Waals surface area contributed by atoms with Crippen LogP contribution in [0.1, 0.15) is 5.56 Å². The third-order valence-electron chi connectivity index (χ3n) is 2.79. The molecule has 8 nitrogen and oxygen atoms in total. The molecule has 1 aromatic heterocycles. The van der Waals surface area contributed by atoms with Gasteiger partial charge < -0.3 is 15.5 Å². The van der Waals surface area contributed by atoms with Crippen LogP contribution in [0.5, 0.6) is 11.5 Å².